The second kappa shape index (κ2) is 8.42. The van der Waals surface area contributed by atoms with Gasteiger partial charge >= 0.3 is 0 Å². The predicted octanol–water partition coefficient (Wildman–Crippen LogP) is 0.685. The molecule has 1 heterocycles. The zero-order valence-corrected chi connectivity index (χ0v) is 17.0. The van der Waals surface area contributed by atoms with Crippen molar-refractivity contribution in [2.75, 3.05) is 20.2 Å². The molecule has 2 rings (SSSR count). The number of hydrogen-bond donors (Lipinski definition) is 3. The molecular weight excluding hydrogens is 346 g/mol. The summed E-state index contributed by atoms with van der Waals surface area (Å²) in [6.07, 6.45) is 5.08. The van der Waals surface area contributed by atoms with Gasteiger partial charge in [-0.2, -0.15) is 0 Å². The van der Waals surface area contributed by atoms with Gasteiger partial charge in [-0.3, -0.25) is 14.4 Å². The van der Waals surface area contributed by atoms with Gasteiger partial charge in [0.25, 0.3) is 0 Å². The van der Waals surface area contributed by atoms with Crippen LogP contribution >= 0.6 is 0 Å². The molecule has 27 heavy (non-hydrogen) atoms. The number of amides is 3. The minimum Gasteiger partial charge on any atom is -0.396 e. The minimum absolute atomic E-state index is 0.0285. The monoisotopic (exact) mass is 379 g/mol. The number of aliphatic hydroxyl groups excluding tert-OH is 1. The molecular formula is C20H33N3O4. The van der Waals surface area contributed by atoms with Crippen molar-refractivity contribution in [1.82, 2.24) is 15.5 Å². The third-order valence-electron chi connectivity index (χ3n) is 5.46. The van der Waals surface area contributed by atoms with Crippen LogP contribution in [0.15, 0.2) is 12.2 Å². The third kappa shape index (κ3) is 4.34. The van der Waals surface area contributed by atoms with E-state index in [0.717, 1.165) is 6.42 Å². The maximum absolute atomic E-state index is 13.3. The Labute approximate surface area is 161 Å². The Balaban J connectivity index is 2.44. The number of likely N-dealkylation sites (tertiary alicyclic amines) is 1. The minimum atomic E-state index is -0.658. The normalized spacial score (nSPS) is 30.2. The Morgan fingerprint density at radius 1 is 1.22 bits per heavy atom. The molecule has 0 radical (unpaired) electrons. The first-order chi connectivity index (χ1) is 12.7. The molecule has 0 unspecified atom stereocenters. The van der Waals surface area contributed by atoms with E-state index in [1.54, 1.807) is 11.9 Å². The van der Waals surface area contributed by atoms with Crippen LogP contribution < -0.4 is 10.6 Å². The first kappa shape index (κ1) is 21.4. The third-order valence-corrected chi connectivity index (χ3v) is 5.46. The van der Waals surface area contributed by atoms with Gasteiger partial charge in [0.1, 0.15) is 6.04 Å². The highest BCUT2D eigenvalue weighted by molar-refractivity contribution is 5.96. The van der Waals surface area contributed by atoms with E-state index in [-0.39, 0.29) is 36.2 Å². The lowest BCUT2D eigenvalue weighted by Crippen LogP contribution is -2.52. The Bertz CT molecular complexity index is 611. The molecule has 0 aromatic heterocycles. The Morgan fingerprint density at radius 3 is 2.41 bits per heavy atom. The second-order valence-corrected chi connectivity index (χ2v) is 8.49. The van der Waals surface area contributed by atoms with Gasteiger partial charge in [0.2, 0.25) is 17.7 Å². The molecule has 0 aromatic rings. The van der Waals surface area contributed by atoms with Gasteiger partial charge in [0, 0.05) is 31.7 Å². The fraction of sp³-hybridized carbons (Fsp3) is 0.750. The standard InChI is InChI=1S/C20H33N3O4/c1-6-12-8-9-13-15(14(12)17(25)21-5)19(27)23(10-7-11-24)16(13)18(26)22-20(2,3)4/h8-9,12-16,24H,6-7,10-11H2,1-5H3,(H,21,25)(H,22,26)/t12-,13+,14-,15+,16+/m1/s1. The fourth-order valence-corrected chi connectivity index (χ4v) is 4.34. The quantitative estimate of drug-likeness (QED) is 0.591. The molecule has 0 saturated carbocycles. The van der Waals surface area contributed by atoms with E-state index in [2.05, 4.69) is 10.6 Å². The lowest BCUT2D eigenvalue weighted by Gasteiger charge is -2.34. The van der Waals surface area contributed by atoms with Crippen LogP contribution in [0.1, 0.15) is 40.5 Å². The van der Waals surface area contributed by atoms with Crippen LogP contribution in [-0.4, -0.2) is 59.5 Å². The van der Waals surface area contributed by atoms with Crippen molar-refractivity contribution < 1.29 is 19.5 Å². The van der Waals surface area contributed by atoms with Crippen LogP contribution in [0.4, 0.5) is 0 Å². The summed E-state index contributed by atoms with van der Waals surface area (Å²) >= 11 is 0. The maximum Gasteiger partial charge on any atom is 0.243 e. The van der Waals surface area contributed by atoms with Crippen LogP contribution in [0.3, 0.4) is 0 Å². The van der Waals surface area contributed by atoms with Gasteiger partial charge in [0.15, 0.2) is 0 Å². The predicted molar refractivity (Wildman–Crippen MR) is 103 cm³/mol. The maximum atomic E-state index is 13.3. The van der Waals surface area contributed by atoms with E-state index < -0.39 is 23.4 Å². The van der Waals surface area contributed by atoms with Gasteiger partial charge in [-0.15, -0.1) is 0 Å². The lowest BCUT2D eigenvalue weighted by atomic mass is 9.68. The summed E-state index contributed by atoms with van der Waals surface area (Å²) in [5.41, 5.74) is -0.425. The van der Waals surface area contributed by atoms with E-state index in [4.69, 9.17) is 0 Å². The number of allylic oxidation sites excluding steroid dienone is 1. The topological polar surface area (TPSA) is 98.7 Å². The number of carbonyl (C=O) groups excluding carboxylic acids is 3. The number of nitrogens with one attached hydrogen (secondary N) is 2. The summed E-state index contributed by atoms with van der Waals surface area (Å²) in [6.45, 7) is 7.93. The van der Waals surface area contributed by atoms with Crippen LogP contribution in [0, 0.1) is 23.7 Å². The highest BCUT2D eigenvalue weighted by atomic mass is 16.3. The molecule has 7 nitrogen and oxygen atoms in total. The van der Waals surface area contributed by atoms with Gasteiger partial charge in [0.05, 0.1) is 11.8 Å². The van der Waals surface area contributed by atoms with Crippen molar-refractivity contribution in [1.29, 1.82) is 0 Å². The van der Waals surface area contributed by atoms with Crippen molar-refractivity contribution in [3.05, 3.63) is 12.2 Å². The van der Waals surface area contributed by atoms with Crippen molar-refractivity contribution in [3.8, 4) is 0 Å². The summed E-state index contributed by atoms with van der Waals surface area (Å²) in [5, 5.41) is 14.9. The summed E-state index contributed by atoms with van der Waals surface area (Å²) in [5.74, 6) is -1.94. The number of hydrogen-bond acceptors (Lipinski definition) is 4. The van der Waals surface area contributed by atoms with Gasteiger partial charge in [-0.05, 0) is 39.5 Å². The summed E-state index contributed by atoms with van der Waals surface area (Å²) < 4.78 is 0. The Morgan fingerprint density at radius 2 is 1.89 bits per heavy atom. The molecule has 1 aliphatic heterocycles. The molecule has 0 bridgehead atoms. The molecule has 3 N–H and O–H groups in total. The van der Waals surface area contributed by atoms with Crippen molar-refractivity contribution in [2.45, 2.75) is 52.1 Å². The zero-order valence-electron chi connectivity index (χ0n) is 17.0. The average molecular weight is 380 g/mol. The van der Waals surface area contributed by atoms with E-state index in [9.17, 15) is 19.5 Å². The van der Waals surface area contributed by atoms with E-state index in [1.165, 1.54) is 0 Å². The number of aliphatic hydroxyl groups is 1. The zero-order chi connectivity index (χ0) is 20.4. The first-order valence-corrected chi connectivity index (χ1v) is 9.79. The number of carbonyl (C=O) groups is 3. The van der Waals surface area contributed by atoms with Crippen LogP contribution in [-0.2, 0) is 14.4 Å². The molecule has 1 fully saturated rings. The first-order valence-electron chi connectivity index (χ1n) is 9.79. The fourth-order valence-electron chi connectivity index (χ4n) is 4.34. The molecule has 7 heteroatoms. The molecule has 2 aliphatic rings. The van der Waals surface area contributed by atoms with E-state index >= 15 is 0 Å². The SMILES string of the molecule is CC[C@@H]1C=C[C@H]2[C@H](C(=O)N(CCCO)[C@@H]2C(=O)NC(C)(C)C)[C@@H]1C(=O)NC. The lowest BCUT2D eigenvalue weighted by molar-refractivity contribution is -0.141. The van der Waals surface area contributed by atoms with E-state index in [1.807, 2.05) is 39.8 Å². The molecule has 3 amide bonds. The van der Waals surface area contributed by atoms with Crippen molar-refractivity contribution in [2.24, 2.45) is 23.7 Å². The van der Waals surface area contributed by atoms with Crippen molar-refractivity contribution >= 4 is 17.7 Å². The summed E-state index contributed by atoms with van der Waals surface area (Å²) in [6, 6.07) is -0.658. The van der Waals surface area contributed by atoms with Crippen LogP contribution in [0.5, 0.6) is 0 Å². The molecule has 152 valence electrons. The molecule has 0 aromatic carbocycles. The van der Waals surface area contributed by atoms with Crippen molar-refractivity contribution in [3.63, 3.8) is 0 Å². The molecule has 1 saturated heterocycles. The van der Waals surface area contributed by atoms with Gasteiger partial charge in [-0.1, -0.05) is 19.1 Å². The largest absolute Gasteiger partial charge is 0.396 e. The molecule has 5 atom stereocenters. The smallest absolute Gasteiger partial charge is 0.243 e. The molecule has 1 aliphatic carbocycles. The van der Waals surface area contributed by atoms with E-state index in [0.29, 0.717) is 13.0 Å². The van der Waals surface area contributed by atoms with Crippen LogP contribution in [0.25, 0.3) is 0 Å². The second-order valence-electron chi connectivity index (χ2n) is 8.49. The highest BCUT2D eigenvalue weighted by Crippen LogP contribution is 2.44. The highest BCUT2D eigenvalue weighted by Gasteiger charge is 2.56. The number of nitrogens with zero attached hydrogens (tertiary/aromatic N) is 1. The number of fused-ring (bicyclic) bond motifs is 1. The summed E-state index contributed by atoms with van der Waals surface area (Å²) in [4.78, 5) is 40.5. The molecule has 0 spiro atoms. The number of rotatable bonds is 6. The average Bonchev–Trinajstić information content (AvgIpc) is 2.89. The van der Waals surface area contributed by atoms with Crippen LogP contribution in [0.2, 0.25) is 0 Å². The van der Waals surface area contributed by atoms with Gasteiger partial charge in [-0.25, -0.2) is 0 Å². The summed E-state index contributed by atoms with van der Waals surface area (Å²) in [7, 11) is 1.58. The Hall–Kier alpha value is -1.89. The van der Waals surface area contributed by atoms with Gasteiger partial charge < -0.3 is 20.6 Å². The Kier molecular flexibility index (Phi) is 6.68.